The molecular weight excluding hydrogens is 273 g/mol. The fraction of sp³-hybridized carbons (Fsp3) is 1.00. The van der Waals surface area contributed by atoms with Gasteiger partial charge in [0.15, 0.2) is 0 Å². The van der Waals surface area contributed by atoms with Gasteiger partial charge in [0.25, 0.3) is 0 Å². The van der Waals surface area contributed by atoms with Crippen molar-refractivity contribution in [2.24, 2.45) is 0 Å². The van der Waals surface area contributed by atoms with E-state index in [1.54, 1.807) is 0 Å². The van der Waals surface area contributed by atoms with Crippen LogP contribution in [0.1, 0.15) is 27.7 Å². The Balaban J connectivity index is 0. The van der Waals surface area contributed by atoms with Crippen LogP contribution in [0.2, 0.25) is 6.16 Å². The minimum absolute atomic E-state index is 0. The van der Waals surface area contributed by atoms with Crippen molar-refractivity contribution < 1.29 is 0 Å². The molecule has 1 heterocycles. The first-order valence-electron chi connectivity index (χ1n) is 3.00. The van der Waals surface area contributed by atoms with Gasteiger partial charge in [-0.2, -0.15) is 0 Å². The Morgan fingerprint density at radius 2 is 0.900 bits per heavy atom. The van der Waals surface area contributed by atoms with Gasteiger partial charge in [0.2, 0.25) is 0 Å². The van der Waals surface area contributed by atoms with E-state index in [4.69, 9.17) is 0 Å². The average molecular weight is 286 g/mol. The van der Waals surface area contributed by atoms with Gasteiger partial charge in [-0.05, 0) is 0 Å². The third-order valence-electron chi connectivity index (χ3n) is 1.25. The van der Waals surface area contributed by atoms with E-state index >= 15 is 0 Å². The molecule has 1 aliphatic rings. The zero-order chi connectivity index (χ0) is 6.41. The molecule has 0 N–H and O–H groups in total. The molecule has 0 bridgehead atoms. The molecule has 52 valence electrons. The van der Waals surface area contributed by atoms with Crippen molar-refractivity contribution in [2.75, 3.05) is 0 Å². The Labute approximate surface area is 86.3 Å². The van der Waals surface area contributed by atoms with E-state index in [-0.39, 0.29) is 21.9 Å². The van der Waals surface area contributed by atoms with E-state index in [0.29, 0.717) is 30.9 Å². The zero-order valence-corrected chi connectivity index (χ0v) is 13.2. The first-order valence-corrected chi connectivity index (χ1v) is 7.20. The van der Waals surface area contributed by atoms with E-state index in [2.05, 4.69) is 27.7 Å². The number of hydrogen-bond donors (Lipinski definition) is 0. The maximum atomic E-state index is 2.46. The summed E-state index contributed by atoms with van der Waals surface area (Å²) < 4.78 is 1.81. The second kappa shape index (κ2) is 3.96. The second-order valence-electron chi connectivity index (χ2n) is 3.50. The summed E-state index contributed by atoms with van der Waals surface area (Å²) in [6, 6.07) is 0. The first kappa shape index (κ1) is 14.1. The third-order valence-corrected chi connectivity index (χ3v) is 11.9. The van der Waals surface area contributed by atoms with Crippen molar-refractivity contribution in [3.8, 4) is 0 Å². The number of rotatable bonds is 0. The molecule has 0 aliphatic carbocycles. The maximum Gasteiger partial charge on any atom is 0 e. The summed E-state index contributed by atoms with van der Waals surface area (Å²) in [5, 5.41) is 0. The standard InChI is InChI=1S/C6H12Ge2.2Si/c1-5(2)7-6(3,4)8-5;;/h1-4H3;;. The molecule has 4 heteroatoms. The van der Waals surface area contributed by atoms with Gasteiger partial charge in [0.05, 0.1) is 0 Å². The summed E-state index contributed by atoms with van der Waals surface area (Å²) in [6.45, 7) is 9.83. The van der Waals surface area contributed by atoms with Gasteiger partial charge in [-0.3, -0.25) is 0 Å². The Kier molecular flexibility index (Phi) is 5.57. The van der Waals surface area contributed by atoms with E-state index in [1.807, 2.05) is 0 Å². The van der Waals surface area contributed by atoms with Crippen molar-refractivity contribution >= 4 is 52.8 Å². The number of hydrogen-bond acceptors (Lipinski definition) is 0. The van der Waals surface area contributed by atoms with Crippen LogP contribution in [-0.2, 0) is 0 Å². The van der Waals surface area contributed by atoms with Crippen LogP contribution in [-0.4, -0.2) is 52.8 Å². The molecule has 0 spiro atoms. The van der Waals surface area contributed by atoms with Gasteiger partial charge in [-0.1, -0.05) is 0 Å². The summed E-state index contributed by atoms with van der Waals surface area (Å²) in [7, 11) is 0. The maximum absolute atomic E-state index is 2.46. The van der Waals surface area contributed by atoms with Crippen molar-refractivity contribution in [1.29, 1.82) is 0 Å². The Bertz CT molecular complexity index is 90.3. The Morgan fingerprint density at radius 1 is 0.700 bits per heavy atom. The summed E-state index contributed by atoms with van der Waals surface area (Å²) in [5.41, 5.74) is 0. The van der Waals surface area contributed by atoms with E-state index in [9.17, 15) is 0 Å². The molecule has 12 radical (unpaired) electrons. The molecule has 1 fully saturated rings. The van der Waals surface area contributed by atoms with Crippen molar-refractivity contribution in [3.63, 3.8) is 0 Å². The second-order valence-corrected chi connectivity index (χ2v) is 19.4. The molecule has 0 atom stereocenters. The van der Waals surface area contributed by atoms with Gasteiger partial charge < -0.3 is 0 Å². The molecule has 1 rings (SSSR count). The predicted octanol–water partition coefficient (Wildman–Crippen LogP) is 0.959. The van der Waals surface area contributed by atoms with E-state index in [0.717, 1.165) is 6.16 Å². The minimum atomic E-state index is 0. The predicted molar refractivity (Wildman–Crippen MR) is 51.1 cm³/mol. The Morgan fingerprint density at radius 3 is 0.900 bits per heavy atom. The fourth-order valence-corrected chi connectivity index (χ4v) is 20.4. The summed E-state index contributed by atoms with van der Waals surface area (Å²) in [5.74, 6) is 0. The Hall–Kier alpha value is 1.52. The van der Waals surface area contributed by atoms with Crippen molar-refractivity contribution in [3.05, 3.63) is 0 Å². The molecule has 0 unspecified atom stereocenters. The summed E-state index contributed by atoms with van der Waals surface area (Å²) in [4.78, 5) is 0. The van der Waals surface area contributed by atoms with Crippen molar-refractivity contribution in [2.45, 2.75) is 33.9 Å². The molecular formula is C6H12Ge2Si2. The fourth-order valence-electron chi connectivity index (χ4n) is 1.56. The minimum Gasteiger partial charge on any atom is 0 e. The SMILES string of the molecule is C[C]1(C)[Ge][C](C)(C)[Ge]1.[Si].[Si]. The van der Waals surface area contributed by atoms with Crippen LogP contribution in [0.25, 0.3) is 0 Å². The third kappa shape index (κ3) is 3.78. The van der Waals surface area contributed by atoms with Gasteiger partial charge in [0.1, 0.15) is 0 Å². The van der Waals surface area contributed by atoms with Crippen LogP contribution in [0.5, 0.6) is 0 Å². The molecule has 0 amide bonds. The molecule has 0 nitrogen and oxygen atoms in total. The monoisotopic (exact) mass is 288 g/mol. The van der Waals surface area contributed by atoms with Gasteiger partial charge in [-0.15, -0.1) is 0 Å². The van der Waals surface area contributed by atoms with Crippen LogP contribution >= 0.6 is 0 Å². The molecule has 1 aliphatic heterocycles. The molecule has 0 aromatic heterocycles. The van der Waals surface area contributed by atoms with Crippen LogP contribution in [0.3, 0.4) is 0 Å². The van der Waals surface area contributed by atoms with E-state index < -0.39 is 0 Å². The quantitative estimate of drug-likeness (QED) is 0.582. The molecule has 1 saturated heterocycles. The normalized spacial score (nSPS) is 25.2. The van der Waals surface area contributed by atoms with E-state index in [1.165, 1.54) is 0 Å². The van der Waals surface area contributed by atoms with Gasteiger partial charge >= 0.3 is 64.7 Å². The summed E-state index contributed by atoms with van der Waals surface area (Å²) in [6.07, 6.45) is 0. The largest absolute Gasteiger partial charge is 0 e. The van der Waals surface area contributed by atoms with Crippen LogP contribution in [0, 0.1) is 0 Å². The smallest absolute Gasteiger partial charge is 0 e. The van der Waals surface area contributed by atoms with Gasteiger partial charge in [0, 0.05) is 21.9 Å². The topological polar surface area (TPSA) is 0 Å². The van der Waals surface area contributed by atoms with Crippen LogP contribution in [0.4, 0.5) is 0 Å². The molecule has 0 aromatic carbocycles. The molecule has 10 heavy (non-hydrogen) atoms. The average Bonchev–Trinajstić information content (AvgIpc) is 1.20. The zero-order valence-electron chi connectivity index (χ0n) is 7.00. The van der Waals surface area contributed by atoms with Crippen LogP contribution in [0.15, 0.2) is 0 Å². The van der Waals surface area contributed by atoms with Gasteiger partial charge in [-0.25, -0.2) is 0 Å². The van der Waals surface area contributed by atoms with Crippen LogP contribution < -0.4 is 0 Å². The molecule has 0 aromatic rings. The first-order chi connectivity index (χ1) is 3.41. The van der Waals surface area contributed by atoms with Crippen molar-refractivity contribution in [1.82, 2.24) is 0 Å². The molecule has 0 saturated carbocycles. The summed E-state index contributed by atoms with van der Waals surface area (Å²) >= 11 is 0.861.